The molecule has 0 N–H and O–H groups in total. The van der Waals surface area contributed by atoms with Gasteiger partial charge in [0.25, 0.3) is 0 Å². The minimum absolute atomic E-state index is 0.371. The predicted octanol–water partition coefficient (Wildman–Crippen LogP) is 9.29. The van der Waals surface area contributed by atoms with Crippen LogP contribution in [0.1, 0.15) is 11.1 Å². The molecule has 0 aliphatic heterocycles. The van der Waals surface area contributed by atoms with E-state index < -0.39 is 0 Å². The summed E-state index contributed by atoms with van der Waals surface area (Å²) in [4.78, 5) is 0. The number of benzene rings is 6. The van der Waals surface area contributed by atoms with Gasteiger partial charge < -0.3 is 9.13 Å². The summed E-state index contributed by atoms with van der Waals surface area (Å²) < 4.78 is 4.64. The van der Waals surface area contributed by atoms with Crippen LogP contribution in [0.3, 0.4) is 0 Å². The highest BCUT2D eigenvalue weighted by Gasteiger charge is 2.17. The summed E-state index contributed by atoms with van der Waals surface area (Å²) in [6.45, 7) is 0. The van der Waals surface area contributed by atoms with Gasteiger partial charge >= 0.3 is 0 Å². The van der Waals surface area contributed by atoms with Crippen LogP contribution >= 0.6 is 0 Å². The van der Waals surface area contributed by atoms with E-state index in [0.29, 0.717) is 11.1 Å². The van der Waals surface area contributed by atoms with Crippen LogP contribution in [0.5, 0.6) is 0 Å². The largest absolute Gasteiger partial charge is 0.309 e. The van der Waals surface area contributed by atoms with Gasteiger partial charge in [0.05, 0.1) is 33.2 Å². The second-order valence-electron chi connectivity index (χ2n) is 10.5. The molecule has 2 aromatic heterocycles. The van der Waals surface area contributed by atoms with Crippen molar-refractivity contribution in [3.8, 4) is 34.6 Å². The van der Waals surface area contributed by atoms with E-state index in [-0.39, 0.29) is 0 Å². The fraction of sp³-hybridized carbons (Fsp3) is 0. The highest BCUT2D eigenvalue weighted by Crippen LogP contribution is 2.37. The highest BCUT2D eigenvalue weighted by molar-refractivity contribution is 6.10. The maximum absolute atomic E-state index is 9.79. The first kappa shape index (κ1) is 23.8. The van der Waals surface area contributed by atoms with Gasteiger partial charge in [0.15, 0.2) is 0 Å². The Balaban J connectivity index is 1.50. The smallest absolute Gasteiger partial charge is 0.101 e. The van der Waals surface area contributed by atoms with Crippen molar-refractivity contribution in [3.05, 3.63) is 145 Å². The lowest BCUT2D eigenvalue weighted by Crippen LogP contribution is -2.00. The van der Waals surface area contributed by atoms with Crippen LogP contribution in [0, 0.1) is 22.7 Å². The molecule has 6 aromatic carbocycles. The molecule has 0 spiro atoms. The molecule has 0 aliphatic carbocycles. The lowest BCUT2D eigenvalue weighted by molar-refractivity contribution is 1.13. The average molecular weight is 535 g/mol. The van der Waals surface area contributed by atoms with Gasteiger partial charge in [-0.2, -0.15) is 10.5 Å². The maximum atomic E-state index is 9.79. The quantitative estimate of drug-likeness (QED) is 0.227. The fourth-order valence-electron chi connectivity index (χ4n) is 6.34. The van der Waals surface area contributed by atoms with Gasteiger partial charge in [-0.05, 0) is 65.7 Å². The van der Waals surface area contributed by atoms with Crippen LogP contribution in [0.15, 0.2) is 133 Å². The monoisotopic (exact) mass is 534 g/mol. The standard InChI is InChI=1S/C38H22N4/c39-23-26-18-17-25(19-28(26)24-40)27-20-29(41-35-13-5-1-9-31(35)32-10-2-6-14-36(32)41)22-30(21-27)42-37-15-7-3-11-33(37)34-12-4-8-16-38(34)42/h1-22H. The average Bonchev–Trinajstić information content (AvgIpc) is 3.57. The molecule has 4 heteroatoms. The zero-order valence-corrected chi connectivity index (χ0v) is 22.5. The summed E-state index contributed by atoms with van der Waals surface area (Å²) >= 11 is 0. The molecular formula is C38H22N4. The molecule has 0 saturated carbocycles. The van der Waals surface area contributed by atoms with E-state index in [1.807, 2.05) is 12.1 Å². The number of rotatable bonds is 3. The van der Waals surface area contributed by atoms with Gasteiger partial charge in [-0.1, -0.05) is 78.9 Å². The molecular weight excluding hydrogens is 512 g/mol. The van der Waals surface area contributed by atoms with E-state index in [2.05, 4.69) is 137 Å². The number of para-hydroxylation sites is 4. The van der Waals surface area contributed by atoms with Crippen molar-refractivity contribution in [1.29, 1.82) is 10.5 Å². The van der Waals surface area contributed by atoms with Crippen molar-refractivity contribution < 1.29 is 0 Å². The first-order valence-electron chi connectivity index (χ1n) is 13.8. The van der Waals surface area contributed by atoms with Crippen molar-refractivity contribution in [2.24, 2.45) is 0 Å². The molecule has 0 unspecified atom stereocenters. The Morgan fingerprint density at radius 1 is 0.381 bits per heavy atom. The van der Waals surface area contributed by atoms with Gasteiger partial charge in [0.1, 0.15) is 12.1 Å². The number of nitrogens with zero attached hydrogens (tertiary/aromatic N) is 4. The second-order valence-corrected chi connectivity index (χ2v) is 10.5. The minimum Gasteiger partial charge on any atom is -0.309 e. The summed E-state index contributed by atoms with van der Waals surface area (Å²) in [6.07, 6.45) is 0. The highest BCUT2D eigenvalue weighted by atomic mass is 15.0. The molecule has 0 bridgehead atoms. The SMILES string of the molecule is N#Cc1ccc(-c2cc(-n3c4ccccc4c4ccccc43)cc(-n3c4ccccc4c4ccccc43)c2)cc1C#N. The fourth-order valence-corrected chi connectivity index (χ4v) is 6.34. The zero-order valence-electron chi connectivity index (χ0n) is 22.5. The Labute approximate surface area is 242 Å². The Morgan fingerprint density at radius 3 is 1.19 bits per heavy atom. The second kappa shape index (κ2) is 9.24. The van der Waals surface area contributed by atoms with E-state index in [1.165, 1.54) is 21.5 Å². The number of nitriles is 2. The maximum Gasteiger partial charge on any atom is 0.101 e. The van der Waals surface area contributed by atoms with Crippen LogP contribution in [0.2, 0.25) is 0 Å². The summed E-state index contributed by atoms with van der Waals surface area (Å²) in [5.74, 6) is 0. The third-order valence-corrected chi connectivity index (χ3v) is 8.17. The summed E-state index contributed by atoms with van der Waals surface area (Å²) in [7, 11) is 0. The van der Waals surface area contributed by atoms with E-state index >= 15 is 0 Å². The topological polar surface area (TPSA) is 57.4 Å². The molecule has 0 amide bonds. The van der Waals surface area contributed by atoms with Gasteiger partial charge in [-0.15, -0.1) is 0 Å². The molecule has 8 rings (SSSR count). The van der Waals surface area contributed by atoms with Crippen LogP contribution < -0.4 is 0 Å². The Kier molecular flexibility index (Phi) is 5.22. The van der Waals surface area contributed by atoms with Crippen molar-refractivity contribution in [1.82, 2.24) is 9.13 Å². The number of fused-ring (bicyclic) bond motifs is 6. The summed E-state index contributed by atoms with van der Waals surface area (Å²) in [5, 5.41) is 24.1. The number of aromatic nitrogens is 2. The molecule has 0 radical (unpaired) electrons. The summed E-state index contributed by atoms with van der Waals surface area (Å²) in [6, 6.07) is 50.4. The van der Waals surface area contributed by atoms with E-state index in [0.717, 1.165) is 44.6 Å². The number of hydrogen-bond acceptors (Lipinski definition) is 2. The van der Waals surface area contributed by atoms with E-state index in [9.17, 15) is 10.5 Å². The third-order valence-electron chi connectivity index (χ3n) is 8.17. The number of hydrogen-bond donors (Lipinski definition) is 0. The van der Waals surface area contributed by atoms with Gasteiger partial charge in [0.2, 0.25) is 0 Å². The zero-order chi connectivity index (χ0) is 28.2. The van der Waals surface area contributed by atoms with Gasteiger partial charge in [-0.25, -0.2) is 0 Å². The first-order chi connectivity index (χ1) is 20.7. The Hall–Kier alpha value is -6.10. The Bertz CT molecular complexity index is 2200. The van der Waals surface area contributed by atoms with Crippen LogP contribution in [-0.4, -0.2) is 9.13 Å². The minimum atomic E-state index is 0.371. The van der Waals surface area contributed by atoms with Gasteiger partial charge in [-0.3, -0.25) is 0 Å². The predicted molar refractivity (Wildman–Crippen MR) is 170 cm³/mol. The third kappa shape index (κ3) is 3.47. The molecule has 42 heavy (non-hydrogen) atoms. The van der Waals surface area contributed by atoms with E-state index in [4.69, 9.17) is 0 Å². The van der Waals surface area contributed by atoms with Crippen LogP contribution in [-0.2, 0) is 0 Å². The van der Waals surface area contributed by atoms with Crippen molar-refractivity contribution in [2.45, 2.75) is 0 Å². The molecule has 194 valence electrons. The molecule has 0 saturated heterocycles. The molecule has 0 fully saturated rings. The first-order valence-corrected chi connectivity index (χ1v) is 13.8. The van der Waals surface area contributed by atoms with Gasteiger partial charge in [0, 0.05) is 32.9 Å². The molecule has 4 nitrogen and oxygen atoms in total. The Morgan fingerprint density at radius 2 is 0.786 bits per heavy atom. The van der Waals surface area contributed by atoms with Crippen LogP contribution in [0.4, 0.5) is 0 Å². The van der Waals surface area contributed by atoms with Crippen molar-refractivity contribution in [2.75, 3.05) is 0 Å². The van der Waals surface area contributed by atoms with Crippen LogP contribution in [0.25, 0.3) is 66.1 Å². The molecule has 0 aliphatic rings. The lowest BCUT2D eigenvalue weighted by atomic mass is 9.99. The summed E-state index contributed by atoms with van der Waals surface area (Å²) in [5.41, 5.74) is 9.14. The van der Waals surface area contributed by atoms with Crippen molar-refractivity contribution in [3.63, 3.8) is 0 Å². The lowest BCUT2D eigenvalue weighted by Gasteiger charge is -2.16. The van der Waals surface area contributed by atoms with E-state index in [1.54, 1.807) is 6.07 Å². The molecule has 2 heterocycles. The van der Waals surface area contributed by atoms with Crippen molar-refractivity contribution >= 4 is 43.6 Å². The normalized spacial score (nSPS) is 11.3. The molecule has 0 atom stereocenters. The molecule has 8 aromatic rings.